The van der Waals surface area contributed by atoms with Crippen LogP contribution in [0.15, 0.2) is 42.5 Å². The number of carbonyl (C=O) groups is 1. The van der Waals surface area contributed by atoms with Crippen LogP contribution in [0, 0.1) is 6.92 Å². The molecule has 1 fully saturated rings. The molecular weight excluding hydrogens is 402 g/mol. The highest BCUT2D eigenvalue weighted by Crippen LogP contribution is 2.24. The average Bonchev–Trinajstić information content (AvgIpc) is 2.73. The van der Waals surface area contributed by atoms with E-state index >= 15 is 0 Å². The molecule has 8 heteroatoms. The topological polar surface area (TPSA) is 79.0 Å². The van der Waals surface area contributed by atoms with Gasteiger partial charge in [-0.2, -0.15) is 0 Å². The van der Waals surface area contributed by atoms with Crippen LogP contribution in [0.25, 0.3) is 0 Å². The minimum absolute atomic E-state index is 0.228. The smallest absolute Gasteiger partial charge is 0.251 e. The first kappa shape index (κ1) is 22.3. The van der Waals surface area contributed by atoms with E-state index in [2.05, 4.69) is 22.3 Å². The number of nitrogens with one attached hydrogen (secondary N) is 1. The number of benzene rings is 2. The van der Waals surface area contributed by atoms with Crippen molar-refractivity contribution < 1.29 is 17.9 Å². The van der Waals surface area contributed by atoms with Gasteiger partial charge in [0.2, 0.25) is 10.0 Å². The van der Waals surface area contributed by atoms with Crippen LogP contribution in [0.3, 0.4) is 0 Å². The second-order valence-electron chi connectivity index (χ2n) is 7.57. The van der Waals surface area contributed by atoms with E-state index in [1.54, 1.807) is 25.1 Å². The average molecular weight is 432 g/mol. The highest BCUT2D eigenvalue weighted by molar-refractivity contribution is 7.92. The molecule has 0 saturated carbocycles. The van der Waals surface area contributed by atoms with E-state index in [0.29, 0.717) is 23.4 Å². The summed E-state index contributed by atoms with van der Waals surface area (Å²) in [4.78, 5) is 15.1. The van der Waals surface area contributed by atoms with Crippen LogP contribution in [0.5, 0.6) is 0 Å². The number of sulfonamides is 1. The predicted octanol–water partition coefficient (Wildman–Crippen LogP) is 2.15. The number of rotatable bonds is 7. The van der Waals surface area contributed by atoms with Crippen molar-refractivity contribution in [3.63, 3.8) is 0 Å². The van der Waals surface area contributed by atoms with Crippen LogP contribution in [-0.4, -0.2) is 58.8 Å². The summed E-state index contributed by atoms with van der Waals surface area (Å²) in [7, 11) is -1.92. The molecule has 7 nitrogen and oxygen atoms in total. The van der Waals surface area contributed by atoms with Gasteiger partial charge < -0.3 is 10.1 Å². The Morgan fingerprint density at radius 1 is 1.10 bits per heavy atom. The molecule has 0 atom stereocenters. The van der Waals surface area contributed by atoms with Crippen molar-refractivity contribution in [2.75, 3.05) is 43.9 Å². The van der Waals surface area contributed by atoms with Crippen molar-refractivity contribution in [2.24, 2.45) is 0 Å². The Hall–Kier alpha value is -2.42. The van der Waals surface area contributed by atoms with Gasteiger partial charge in [0, 0.05) is 38.8 Å². The van der Waals surface area contributed by atoms with E-state index in [0.717, 1.165) is 44.7 Å². The number of carbonyl (C=O) groups excluding carboxylic acids is 1. The van der Waals surface area contributed by atoms with Crippen molar-refractivity contribution in [3.8, 4) is 0 Å². The summed E-state index contributed by atoms with van der Waals surface area (Å²) < 4.78 is 30.3. The SMILES string of the molecule is Cc1c(C(=O)NCc2ccc(CN3CCOCC3)cc2)cccc1N(C)S(C)(=O)=O. The van der Waals surface area contributed by atoms with Gasteiger partial charge in [-0.25, -0.2) is 8.42 Å². The number of hydrogen-bond acceptors (Lipinski definition) is 5. The van der Waals surface area contributed by atoms with Gasteiger partial charge in [-0.05, 0) is 35.7 Å². The minimum atomic E-state index is -3.40. The number of hydrogen-bond donors (Lipinski definition) is 1. The molecule has 0 aromatic heterocycles. The number of anilines is 1. The molecule has 3 rings (SSSR count). The Balaban J connectivity index is 1.61. The molecule has 1 aliphatic heterocycles. The third kappa shape index (κ3) is 5.59. The fourth-order valence-electron chi connectivity index (χ4n) is 3.45. The second kappa shape index (κ2) is 9.59. The van der Waals surface area contributed by atoms with Crippen molar-refractivity contribution in [1.29, 1.82) is 0 Å². The Morgan fingerprint density at radius 2 is 1.73 bits per heavy atom. The van der Waals surface area contributed by atoms with Gasteiger partial charge in [0.05, 0.1) is 25.2 Å². The maximum atomic E-state index is 12.7. The lowest BCUT2D eigenvalue weighted by Crippen LogP contribution is -2.35. The number of nitrogens with zero attached hydrogens (tertiary/aromatic N) is 2. The van der Waals surface area contributed by atoms with E-state index in [1.165, 1.54) is 16.9 Å². The Bertz CT molecular complexity index is 984. The van der Waals surface area contributed by atoms with Gasteiger partial charge in [0.15, 0.2) is 0 Å². The summed E-state index contributed by atoms with van der Waals surface area (Å²) in [6, 6.07) is 13.3. The molecular formula is C22H29N3O4S. The molecule has 162 valence electrons. The summed E-state index contributed by atoms with van der Waals surface area (Å²) in [5.41, 5.74) is 3.84. The van der Waals surface area contributed by atoms with Crippen LogP contribution in [0.4, 0.5) is 5.69 Å². The second-order valence-corrected chi connectivity index (χ2v) is 9.58. The van der Waals surface area contributed by atoms with Crippen LogP contribution < -0.4 is 9.62 Å². The number of morpholine rings is 1. The fraction of sp³-hybridized carbons (Fsp3) is 0.409. The molecule has 0 radical (unpaired) electrons. The molecule has 1 amide bonds. The molecule has 0 unspecified atom stereocenters. The lowest BCUT2D eigenvalue weighted by molar-refractivity contribution is 0.0342. The predicted molar refractivity (Wildman–Crippen MR) is 118 cm³/mol. The Kier molecular flexibility index (Phi) is 7.12. The van der Waals surface area contributed by atoms with Crippen molar-refractivity contribution in [1.82, 2.24) is 10.2 Å². The molecule has 1 N–H and O–H groups in total. The summed E-state index contributed by atoms with van der Waals surface area (Å²) in [6.45, 7) is 6.52. The maximum Gasteiger partial charge on any atom is 0.251 e. The van der Waals surface area contributed by atoms with Crippen LogP contribution in [0.1, 0.15) is 27.0 Å². The summed E-state index contributed by atoms with van der Waals surface area (Å²) in [5, 5.41) is 2.93. The largest absolute Gasteiger partial charge is 0.379 e. The van der Waals surface area contributed by atoms with Crippen molar-refractivity contribution >= 4 is 21.6 Å². The molecule has 0 bridgehead atoms. The highest BCUT2D eigenvalue weighted by Gasteiger charge is 2.18. The van der Waals surface area contributed by atoms with E-state index < -0.39 is 10.0 Å². The van der Waals surface area contributed by atoms with Gasteiger partial charge in [-0.3, -0.25) is 14.0 Å². The first-order valence-corrected chi connectivity index (χ1v) is 11.8. The van der Waals surface area contributed by atoms with Gasteiger partial charge in [0.25, 0.3) is 5.91 Å². The highest BCUT2D eigenvalue weighted by atomic mass is 32.2. The standard InChI is InChI=1S/C22H29N3O4S/c1-17-20(5-4-6-21(17)24(2)30(3,27)28)22(26)23-15-18-7-9-19(10-8-18)16-25-11-13-29-14-12-25/h4-10H,11-16H2,1-3H3,(H,23,26). The third-order valence-electron chi connectivity index (χ3n) is 5.37. The van der Waals surface area contributed by atoms with Crippen LogP contribution >= 0.6 is 0 Å². The van der Waals surface area contributed by atoms with Gasteiger partial charge >= 0.3 is 0 Å². The monoisotopic (exact) mass is 431 g/mol. The quantitative estimate of drug-likeness (QED) is 0.727. The van der Waals surface area contributed by atoms with Crippen LogP contribution in [-0.2, 0) is 27.8 Å². The molecule has 1 saturated heterocycles. The van der Waals surface area contributed by atoms with Gasteiger partial charge in [-0.1, -0.05) is 30.3 Å². The molecule has 2 aromatic rings. The van der Waals surface area contributed by atoms with Crippen molar-refractivity contribution in [3.05, 3.63) is 64.7 Å². The lowest BCUT2D eigenvalue weighted by Gasteiger charge is -2.26. The molecule has 1 aliphatic rings. The first-order chi connectivity index (χ1) is 14.3. The summed E-state index contributed by atoms with van der Waals surface area (Å²) in [6.07, 6.45) is 1.14. The number of ether oxygens (including phenoxy) is 1. The molecule has 30 heavy (non-hydrogen) atoms. The van der Waals surface area contributed by atoms with Crippen molar-refractivity contribution in [2.45, 2.75) is 20.0 Å². The molecule has 2 aromatic carbocycles. The first-order valence-electron chi connectivity index (χ1n) is 9.95. The Morgan fingerprint density at radius 3 is 2.37 bits per heavy atom. The summed E-state index contributed by atoms with van der Waals surface area (Å²) in [5.74, 6) is -0.228. The zero-order valence-corrected chi connectivity index (χ0v) is 18.5. The van der Waals surface area contributed by atoms with E-state index in [1.807, 2.05) is 12.1 Å². The van der Waals surface area contributed by atoms with E-state index in [-0.39, 0.29) is 5.91 Å². The fourth-order valence-corrected chi connectivity index (χ4v) is 4.00. The molecule has 0 spiro atoms. The molecule has 1 heterocycles. The Labute approximate surface area is 178 Å². The van der Waals surface area contributed by atoms with E-state index in [4.69, 9.17) is 4.74 Å². The maximum absolute atomic E-state index is 12.7. The summed E-state index contributed by atoms with van der Waals surface area (Å²) >= 11 is 0. The molecule has 0 aliphatic carbocycles. The third-order valence-corrected chi connectivity index (χ3v) is 6.56. The normalized spacial score (nSPS) is 15.0. The zero-order valence-electron chi connectivity index (χ0n) is 17.7. The van der Waals surface area contributed by atoms with Crippen LogP contribution in [0.2, 0.25) is 0 Å². The van der Waals surface area contributed by atoms with Gasteiger partial charge in [-0.15, -0.1) is 0 Å². The van der Waals surface area contributed by atoms with Gasteiger partial charge in [0.1, 0.15) is 0 Å². The zero-order chi connectivity index (χ0) is 21.7. The van der Waals surface area contributed by atoms with E-state index in [9.17, 15) is 13.2 Å². The minimum Gasteiger partial charge on any atom is -0.379 e. The number of amides is 1. The lowest BCUT2D eigenvalue weighted by atomic mass is 10.1.